The maximum Gasteiger partial charge on any atom is 2.00 e. The predicted octanol–water partition coefficient (Wildman–Crippen LogP) is 2.25. The van der Waals surface area contributed by atoms with Gasteiger partial charge in [-0.2, -0.15) is 0 Å². The molecular weight excluding hydrogens is 568 g/mol. The molecule has 0 aliphatic carbocycles. The molecule has 0 aromatic rings. The van der Waals surface area contributed by atoms with Crippen LogP contribution in [0.15, 0.2) is 0 Å². The van der Waals surface area contributed by atoms with Crippen LogP contribution < -0.4 is 10.2 Å². The average Bonchev–Trinajstić information content (AvgIpc) is 2.20. The van der Waals surface area contributed by atoms with Gasteiger partial charge < -0.3 is 10.2 Å². The van der Waals surface area contributed by atoms with Crippen molar-refractivity contribution < 1.29 is 22.5 Å². The number of rotatable bonds is 8. The quantitative estimate of drug-likeness (QED) is 0.393. The van der Waals surface area contributed by atoms with Crippen molar-refractivity contribution >= 4 is 68.9 Å². The van der Waals surface area contributed by atoms with E-state index in [2.05, 4.69) is 0 Å². The molecule has 0 aromatic heterocycles. The summed E-state index contributed by atoms with van der Waals surface area (Å²) in [6, 6.07) is 0. The van der Waals surface area contributed by atoms with Gasteiger partial charge in [0, 0.05) is 0 Å². The zero-order chi connectivity index (χ0) is 20.8. The molecule has 26 heavy (non-hydrogen) atoms. The van der Waals surface area contributed by atoms with Gasteiger partial charge in [-0.25, -0.2) is 0 Å². The summed E-state index contributed by atoms with van der Waals surface area (Å²) in [5.74, 6) is 0. The predicted molar refractivity (Wildman–Crippen MR) is 107 cm³/mol. The summed E-state index contributed by atoms with van der Waals surface area (Å²) in [6.07, 6.45) is -0.659. The monoisotopic (exact) mass is 612 g/mol. The summed E-state index contributed by atoms with van der Waals surface area (Å²) in [4.78, 5) is 0. The fourth-order valence-electron chi connectivity index (χ4n) is 1.32. The van der Waals surface area contributed by atoms with Crippen LogP contribution in [0.3, 0.4) is 0 Å². The van der Waals surface area contributed by atoms with Gasteiger partial charge in [0.25, 0.3) is 0 Å². The molecule has 0 radical (unpaired) electrons. The van der Waals surface area contributed by atoms with Crippen LogP contribution in [0.1, 0.15) is 83.1 Å². The first-order valence-electron chi connectivity index (χ1n) is 9.16. The maximum absolute atomic E-state index is 9.53. The molecule has 0 saturated carbocycles. The van der Waals surface area contributed by atoms with Gasteiger partial charge in [0.2, 0.25) is 0 Å². The van der Waals surface area contributed by atoms with Crippen molar-refractivity contribution in [3.8, 4) is 0 Å². The molecule has 0 heterocycles. The van der Waals surface area contributed by atoms with Crippen molar-refractivity contribution in [1.82, 2.24) is 0 Å². The largest absolute Gasteiger partial charge is 2.00 e. The van der Waals surface area contributed by atoms with Crippen LogP contribution >= 0.6 is 0 Å². The van der Waals surface area contributed by atoms with E-state index in [4.69, 9.17) is 12.3 Å². The first-order valence-corrected chi connectivity index (χ1v) is 13.8. The van der Waals surface area contributed by atoms with E-state index in [0.29, 0.717) is 0 Å². The summed E-state index contributed by atoms with van der Waals surface area (Å²) >= 11 is -3.89. The molecule has 0 aliphatic rings. The van der Waals surface area contributed by atoms with Crippen molar-refractivity contribution in [3.05, 3.63) is 0 Å². The third kappa shape index (κ3) is 33.7. The molecular formula is C18H42BaO6Sn. The van der Waals surface area contributed by atoms with Gasteiger partial charge in [-0.15, -0.1) is 12.2 Å². The summed E-state index contributed by atoms with van der Waals surface area (Å²) in [5, 5.41) is 19.1. The number of hydrogen-bond acceptors (Lipinski definition) is 6. The third-order valence-corrected chi connectivity index (χ3v) is 10.2. The molecule has 0 bridgehead atoms. The molecule has 0 rings (SSSR count). The summed E-state index contributed by atoms with van der Waals surface area (Å²) in [6.45, 7) is 22.2. The van der Waals surface area contributed by atoms with E-state index in [1.807, 2.05) is 55.4 Å². The fourth-order valence-corrected chi connectivity index (χ4v) is 8.86. The Bertz CT molecular complexity index is 230. The minimum atomic E-state index is -3.89. The average molecular weight is 611 g/mol. The number of hydrogen-bond donors (Lipinski definition) is 0. The van der Waals surface area contributed by atoms with E-state index in [9.17, 15) is 10.2 Å². The second kappa shape index (κ2) is 20.4. The second-order valence-corrected chi connectivity index (χ2v) is 12.8. The Morgan fingerprint density at radius 3 is 0.654 bits per heavy atom. The Hall–Kier alpha value is 2.13. The van der Waals surface area contributed by atoms with Crippen LogP contribution in [0.25, 0.3) is 0 Å². The molecule has 6 nitrogen and oxygen atoms in total. The molecule has 8 heteroatoms. The van der Waals surface area contributed by atoms with Crippen molar-refractivity contribution in [2.45, 2.75) is 120 Å². The van der Waals surface area contributed by atoms with Crippen LogP contribution in [0.2, 0.25) is 0 Å². The van der Waals surface area contributed by atoms with Crippen LogP contribution in [0.4, 0.5) is 0 Å². The van der Waals surface area contributed by atoms with Gasteiger partial charge in [-0.05, 0) is 0 Å². The summed E-state index contributed by atoms with van der Waals surface area (Å²) in [7, 11) is 0. The van der Waals surface area contributed by atoms with Gasteiger partial charge in [-0.3, -0.25) is 0 Å². The van der Waals surface area contributed by atoms with Gasteiger partial charge in [0.05, 0.1) is 0 Å². The van der Waals surface area contributed by atoms with E-state index in [1.54, 1.807) is 27.7 Å². The van der Waals surface area contributed by atoms with Gasteiger partial charge in [0.1, 0.15) is 0 Å². The summed E-state index contributed by atoms with van der Waals surface area (Å²) < 4.78 is 23.7. The van der Waals surface area contributed by atoms with Gasteiger partial charge in [0.15, 0.2) is 0 Å². The third-order valence-electron chi connectivity index (χ3n) is 1.52. The minimum absolute atomic E-state index is 0. The van der Waals surface area contributed by atoms with Gasteiger partial charge in [-0.1, -0.05) is 27.7 Å². The van der Waals surface area contributed by atoms with E-state index in [1.165, 1.54) is 0 Å². The normalized spacial score (nSPS) is 11.5. The van der Waals surface area contributed by atoms with Crippen molar-refractivity contribution in [3.63, 3.8) is 0 Å². The SMILES string of the molecule is CC(C)[O-].CC(C)[O-].CC(C)[O][Sn]([O]C(C)C)([O]C(C)C)[O]C(C)C.[Ba+2]. The Morgan fingerprint density at radius 1 is 0.462 bits per heavy atom. The maximum atomic E-state index is 9.53. The van der Waals surface area contributed by atoms with Gasteiger partial charge >= 0.3 is 161 Å². The standard InChI is InChI=1S/6C3H7O.Ba.Sn/c6*1-3(2)4;;/h6*3H,1-2H3;;/q6*-1;+2;+4. The Balaban J connectivity index is -0.000000226. The van der Waals surface area contributed by atoms with Crippen molar-refractivity contribution in [1.29, 1.82) is 0 Å². The van der Waals surface area contributed by atoms with Crippen LogP contribution in [0.5, 0.6) is 0 Å². The molecule has 0 spiro atoms. The van der Waals surface area contributed by atoms with Crippen LogP contribution in [0, 0.1) is 0 Å². The first kappa shape index (κ1) is 35.6. The van der Waals surface area contributed by atoms with E-state index >= 15 is 0 Å². The molecule has 0 amide bonds. The minimum Gasteiger partial charge on any atom is 2.00 e. The van der Waals surface area contributed by atoms with Crippen LogP contribution in [-0.2, 0) is 12.3 Å². The van der Waals surface area contributed by atoms with E-state index in [-0.39, 0.29) is 73.3 Å². The first-order chi connectivity index (χ1) is 11.1. The molecule has 0 atom stereocenters. The molecule has 0 saturated heterocycles. The Labute approximate surface area is 208 Å². The molecule has 0 aromatic carbocycles. The Kier molecular flexibility index (Phi) is 27.9. The van der Waals surface area contributed by atoms with Crippen molar-refractivity contribution in [2.75, 3.05) is 0 Å². The molecule has 156 valence electrons. The Morgan fingerprint density at radius 2 is 0.577 bits per heavy atom. The van der Waals surface area contributed by atoms with E-state index < -0.39 is 32.2 Å². The topological polar surface area (TPSA) is 83.0 Å². The van der Waals surface area contributed by atoms with Crippen molar-refractivity contribution in [2.24, 2.45) is 0 Å². The molecule has 0 aliphatic heterocycles. The summed E-state index contributed by atoms with van der Waals surface area (Å²) in [5.41, 5.74) is 0. The zero-order valence-corrected chi connectivity index (χ0v) is 26.4. The molecule has 0 N–H and O–H groups in total. The molecule has 0 fully saturated rings. The second-order valence-electron chi connectivity index (χ2n) is 7.26. The molecule has 0 unspecified atom stereocenters. The smallest absolute Gasteiger partial charge is 2.00 e. The van der Waals surface area contributed by atoms with E-state index in [0.717, 1.165) is 0 Å². The van der Waals surface area contributed by atoms with Crippen LogP contribution in [-0.4, -0.2) is 106 Å². The zero-order valence-electron chi connectivity index (χ0n) is 19.1. The fraction of sp³-hybridized carbons (Fsp3) is 1.00.